The summed E-state index contributed by atoms with van der Waals surface area (Å²) < 4.78 is 0. The molecular weight excluding hydrogens is 364 g/mol. The molecule has 0 fully saturated rings. The lowest BCUT2D eigenvalue weighted by Crippen LogP contribution is -2.27. The molecule has 6 nitrogen and oxygen atoms in total. The number of nitrogens with zero attached hydrogens (tertiary/aromatic N) is 3. The van der Waals surface area contributed by atoms with Gasteiger partial charge in [-0.05, 0) is 36.8 Å². The van der Waals surface area contributed by atoms with Crippen LogP contribution < -0.4 is 0 Å². The molecule has 1 aromatic carbocycles. The van der Waals surface area contributed by atoms with Crippen molar-refractivity contribution in [2.24, 2.45) is 0 Å². The van der Waals surface area contributed by atoms with Crippen molar-refractivity contribution in [3.63, 3.8) is 0 Å². The van der Waals surface area contributed by atoms with Gasteiger partial charge in [-0.2, -0.15) is 5.26 Å². The zero-order chi connectivity index (χ0) is 18.7. The van der Waals surface area contributed by atoms with Crippen LogP contribution in [0.3, 0.4) is 0 Å². The van der Waals surface area contributed by atoms with Gasteiger partial charge in [0.15, 0.2) is 5.88 Å². The minimum atomic E-state index is -0.0765. The van der Waals surface area contributed by atoms with Crippen molar-refractivity contribution in [3.05, 3.63) is 47.7 Å². The Morgan fingerprint density at radius 2 is 2.11 bits per heavy atom. The van der Waals surface area contributed by atoms with Crippen LogP contribution in [0.1, 0.15) is 35.7 Å². The average Bonchev–Trinajstić information content (AvgIpc) is 3.00. The summed E-state index contributed by atoms with van der Waals surface area (Å²) in [4.78, 5) is 21.3. The van der Waals surface area contributed by atoms with Gasteiger partial charge in [0.25, 0.3) is 5.91 Å². The van der Waals surface area contributed by atoms with E-state index in [1.807, 2.05) is 0 Å². The van der Waals surface area contributed by atoms with Gasteiger partial charge in [-0.1, -0.05) is 13.3 Å². The largest absolute Gasteiger partial charge is 0.494 e. The number of nitrogens with one attached hydrogen (secondary N) is 1. The molecule has 0 spiro atoms. The molecule has 0 unspecified atom stereocenters. The van der Waals surface area contributed by atoms with Crippen molar-refractivity contribution >= 4 is 29.2 Å². The number of aromatic nitrogens is 2. The van der Waals surface area contributed by atoms with Crippen molar-refractivity contribution in [1.29, 1.82) is 5.26 Å². The Bertz CT molecular complexity index is 990. The lowest BCUT2D eigenvalue weighted by molar-refractivity contribution is 0.0793. The Hall–Kier alpha value is -3.04. The van der Waals surface area contributed by atoms with Crippen LogP contribution in [0.25, 0.3) is 22.2 Å². The second kappa shape index (κ2) is 8.56. The molecule has 1 amide bonds. The van der Waals surface area contributed by atoms with Gasteiger partial charge in [0, 0.05) is 30.7 Å². The highest BCUT2D eigenvalue weighted by Crippen LogP contribution is 2.35. The SMILES string of the molecule is CCCCN(C)C(=O)c1ccc(-c2c(O)[nH]c3ccc(C#N)cc23)nc1.Cl. The number of fused-ring (bicyclic) bond motifs is 1. The van der Waals surface area contributed by atoms with E-state index in [1.54, 1.807) is 42.3 Å². The molecule has 7 heteroatoms. The number of carbonyl (C=O) groups is 1. The molecule has 27 heavy (non-hydrogen) atoms. The third-order valence-corrected chi connectivity index (χ3v) is 4.37. The number of aromatic amines is 1. The van der Waals surface area contributed by atoms with E-state index < -0.39 is 0 Å². The summed E-state index contributed by atoms with van der Waals surface area (Å²) >= 11 is 0. The number of pyridine rings is 1. The predicted molar refractivity (Wildman–Crippen MR) is 107 cm³/mol. The molecule has 2 N–H and O–H groups in total. The minimum absolute atomic E-state index is 0. The van der Waals surface area contributed by atoms with E-state index in [1.165, 1.54) is 6.20 Å². The van der Waals surface area contributed by atoms with Crippen LogP contribution in [0.2, 0.25) is 0 Å². The van der Waals surface area contributed by atoms with Crippen LogP contribution in [0, 0.1) is 11.3 Å². The maximum absolute atomic E-state index is 12.4. The predicted octanol–water partition coefficient (Wildman–Crippen LogP) is 4.10. The van der Waals surface area contributed by atoms with E-state index in [9.17, 15) is 9.90 Å². The maximum Gasteiger partial charge on any atom is 0.255 e. The quantitative estimate of drug-likeness (QED) is 0.692. The Kier molecular flexibility index (Phi) is 6.43. The highest BCUT2D eigenvalue weighted by Gasteiger charge is 2.16. The molecule has 2 aromatic heterocycles. The van der Waals surface area contributed by atoms with Crippen LogP contribution in [0.5, 0.6) is 5.88 Å². The van der Waals surface area contributed by atoms with Crippen molar-refractivity contribution in [1.82, 2.24) is 14.9 Å². The number of amides is 1. The van der Waals surface area contributed by atoms with Crippen LogP contribution in [-0.2, 0) is 0 Å². The summed E-state index contributed by atoms with van der Waals surface area (Å²) in [6, 6.07) is 10.7. The molecule has 0 saturated heterocycles. The number of hydrogen-bond acceptors (Lipinski definition) is 4. The number of carbonyl (C=O) groups excluding carboxylic acids is 1. The first kappa shape index (κ1) is 20.3. The molecule has 140 valence electrons. The molecule has 0 bridgehead atoms. The Morgan fingerprint density at radius 1 is 1.33 bits per heavy atom. The number of benzene rings is 1. The van der Waals surface area contributed by atoms with Crippen LogP contribution in [0.4, 0.5) is 0 Å². The number of aromatic hydroxyl groups is 1. The zero-order valence-electron chi connectivity index (χ0n) is 15.2. The second-order valence-corrected chi connectivity index (χ2v) is 6.23. The molecule has 0 aliphatic heterocycles. The molecule has 2 heterocycles. The van der Waals surface area contributed by atoms with Gasteiger partial charge in [0.2, 0.25) is 0 Å². The number of nitriles is 1. The molecule has 0 atom stereocenters. The molecular formula is C20H21ClN4O2. The fourth-order valence-electron chi connectivity index (χ4n) is 2.89. The highest BCUT2D eigenvalue weighted by atomic mass is 35.5. The van der Waals surface area contributed by atoms with E-state index in [0.717, 1.165) is 18.4 Å². The summed E-state index contributed by atoms with van der Waals surface area (Å²) in [5.74, 6) is -0.0888. The fourth-order valence-corrected chi connectivity index (χ4v) is 2.89. The van der Waals surface area contributed by atoms with Crippen LogP contribution in [0.15, 0.2) is 36.5 Å². The van der Waals surface area contributed by atoms with Crippen molar-refractivity contribution in [2.45, 2.75) is 19.8 Å². The van der Waals surface area contributed by atoms with E-state index in [-0.39, 0.29) is 24.2 Å². The molecule has 0 aliphatic rings. The number of hydrogen-bond donors (Lipinski definition) is 2. The van der Waals surface area contributed by atoms with Gasteiger partial charge in [0.1, 0.15) is 0 Å². The van der Waals surface area contributed by atoms with Gasteiger partial charge in [-0.3, -0.25) is 9.78 Å². The van der Waals surface area contributed by atoms with E-state index in [4.69, 9.17) is 5.26 Å². The van der Waals surface area contributed by atoms with E-state index >= 15 is 0 Å². The van der Waals surface area contributed by atoms with Crippen molar-refractivity contribution in [3.8, 4) is 23.2 Å². The number of rotatable bonds is 5. The van der Waals surface area contributed by atoms with Crippen LogP contribution >= 0.6 is 12.4 Å². The summed E-state index contributed by atoms with van der Waals surface area (Å²) in [5, 5.41) is 20.1. The van der Waals surface area contributed by atoms with Gasteiger partial charge in [0.05, 0.1) is 28.5 Å². The molecule has 3 aromatic rings. The fraction of sp³-hybridized carbons (Fsp3) is 0.250. The third kappa shape index (κ3) is 4.04. The van der Waals surface area contributed by atoms with Gasteiger partial charge >= 0.3 is 0 Å². The average molecular weight is 385 g/mol. The summed E-state index contributed by atoms with van der Waals surface area (Å²) in [7, 11) is 1.78. The normalized spacial score (nSPS) is 10.3. The minimum Gasteiger partial charge on any atom is -0.494 e. The first-order chi connectivity index (χ1) is 12.5. The van der Waals surface area contributed by atoms with Gasteiger partial charge < -0.3 is 15.0 Å². The number of H-pyrrole nitrogens is 1. The van der Waals surface area contributed by atoms with Crippen molar-refractivity contribution in [2.75, 3.05) is 13.6 Å². The Labute approximate surface area is 163 Å². The highest BCUT2D eigenvalue weighted by molar-refractivity contribution is 5.99. The third-order valence-electron chi connectivity index (χ3n) is 4.37. The van der Waals surface area contributed by atoms with Gasteiger partial charge in [-0.15, -0.1) is 12.4 Å². The first-order valence-corrected chi connectivity index (χ1v) is 8.51. The lowest BCUT2D eigenvalue weighted by Gasteiger charge is -2.16. The molecule has 0 aliphatic carbocycles. The smallest absolute Gasteiger partial charge is 0.255 e. The van der Waals surface area contributed by atoms with Crippen LogP contribution in [-0.4, -0.2) is 39.5 Å². The number of unbranched alkanes of at least 4 members (excludes halogenated alkanes) is 1. The number of halogens is 1. The van der Waals surface area contributed by atoms with E-state index in [0.29, 0.717) is 34.3 Å². The van der Waals surface area contributed by atoms with E-state index in [2.05, 4.69) is 23.0 Å². The summed E-state index contributed by atoms with van der Waals surface area (Å²) in [6.07, 6.45) is 3.50. The standard InChI is InChI=1S/C20H20N4O2.ClH/c1-3-4-9-24(2)20(26)14-6-8-17(22-12-14)18-15-10-13(11-21)5-7-16(15)23-19(18)25;/h5-8,10,12,23,25H,3-4,9H2,1-2H3;1H. The maximum atomic E-state index is 12.4. The summed E-state index contributed by atoms with van der Waals surface area (Å²) in [6.45, 7) is 2.79. The molecule has 0 radical (unpaired) electrons. The van der Waals surface area contributed by atoms with Crippen molar-refractivity contribution < 1.29 is 9.90 Å². The molecule has 3 rings (SSSR count). The zero-order valence-corrected chi connectivity index (χ0v) is 16.0. The monoisotopic (exact) mass is 384 g/mol. The topological polar surface area (TPSA) is 93.0 Å². The Balaban J connectivity index is 0.00000261. The summed E-state index contributed by atoms with van der Waals surface area (Å²) in [5.41, 5.74) is 2.79. The first-order valence-electron chi connectivity index (χ1n) is 8.51. The molecule has 0 saturated carbocycles. The van der Waals surface area contributed by atoms with Gasteiger partial charge in [-0.25, -0.2) is 0 Å². The second-order valence-electron chi connectivity index (χ2n) is 6.23. The lowest BCUT2D eigenvalue weighted by atomic mass is 10.1. The Morgan fingerprint density at radius 3 is 2.74 bits per heavy atom.